The van der Waals surface area contributed by atoms with Crippen LogP contribution in [-0.4, -0.2) is 67.2 Å². The van der Waals surface area contributed by atoms with Gasteiger partial charge in [0.05, 0.1) is 0 Å². The molecule has 2 heterocycles. The topological polar surface area (TPSA) is 70.6 Å². The minimum atomic E-state index is 0.0457. The van der Waals surface area contributed by atoms with Gasteiger partial charge in [0.1, 0.15) is 24.1 Å². The highest BCUT2D eigenvalue weighted by Gasteiger charge is 2.22. The van der Waals surface area contributed by atoms with Gasteiger partial charge in [-0.25, -0.2) is 9.97 Å². The second-order valence-electron chi connectivity index (χ2n) is 4.99. The minimum absolute atomic E-state index is 0.0457. The summed E-state index contributed by atoms with van der Waals surface area (Å²) in [7, 11) is 1.54. The lowest BCUT2D eigenvalue weighted by Crippen LogP contribution is -2.50. The normalized spacial score (nSPS) is 15.2. The summed E-state index contributed by atoms with van der Waals surface area (Å²) in [5, 5.41) is 3.21. The van der Waals surface area contributed by atoms with Gasteiger partial charge >= 0.3 is 0 Å². The number of methoxy groups -OCH3 is 1. The van der Waals surface area contributed by atoms with E-state index in [4.69, 9.17) is 4.74 Å². The minimum Gasteiger partial charge on any atom is -0.375 e. The third-order valence-corrected chi connectivity index (χ3v) is 3.41. The van der Waals surface area contributed by atoms with Crippen LogP contribution in [0.15, 0.2) is 6.07 Å². The van der Waals surface area contributed by atoms with Crippen LogP contribution in [0.2, 0.25) is 0 Å². The molecular formula is C14H23N5O2. The molecule has 1 saturated heterocycles. The molecule has 0 aromatic carbocycles. The zero-order chi connectivity index (χ0) is 15.2. The number of rotatable bonds is 5. The first-order chi connectivity index (χ1) is 10.1. The molecule has 7 heteroatoms. The van der Waals surface area contributed by atoms with Crippen molar-refractivity contribution in [3.05, 3.63) is 11.9 Å². The van der Waals surface area contributed by atoms with Gasteiger partial charge in [0.15, 0.2) is 0 Å². The summed E-state index contributed by atoms with van der Waals surface area (Å²) < 4.78 is 4.89. The summed E-state index contributed by atoms with van der Waals surface area (Å²) in [6, 6.07) is 1.96. The molecule has 0 spiro atoms. The monoisotopic (exact) mass is 293 g/mol. The van der Waals surface area contributed by atoms with Gasteiger partial charge in [-0.3, -0.25) is 4.79 Å². The molecule has 1 aromatic rings. The average molecular weight is 293 g/mol. The Kier molecular flexibility index (Phi) is 5.32. The zero-order valence-electron chi connectivity index (χ0n) is 12.9. The number of carbonyl (C=O) groups excluding carboxylic acids is 1. The molecule has 0 radical (unpaired) electrons. The Hall–Kier alpha value is -1.89. The Balaban J connectivity index is 2.00. The summed E-state index contributed by atoms with van der Waals surface area (Å²) in [4.78, 5) is 24.6. The number of anilines is 2. The van der Waals surface area contributed by atoms with E-state index in [1.807, 2.05) is 24.8 Å². The average Bonchev–Trinajstić information content (AvgIpc) is 2.47. The number of carbonyl (C=O) groups is 1. The molecule has 21 heavy (non-hydrogen) atoms. The molecule has 0 aliphatic carbocycles. The summed E-state index contributed by atoms with van der Waals surface area (Å²) in [5.41, 5.74) is 0. The fourth-order valence-electron chi connectivity index (χ4n) is 2.39. The van der Waals surface area contributed by atoms with Gasteiger partial charge in [-0.05, 0) is 13.8 Å². The molecular weight excluding hydrogens is 270 g/mol. The maximum absolute atomic E-state index is 11.8. The van der Waals surface area contributed by atoms with Gasteiger partial charge in [0.25, 0.3) is 0 Å². The third kappa shape index (κ3) is 4.04. The van der Waals surface area contributed by atoms with Gasteiger partial charge in [-0.2, -0.15) is 0 Å². The van der Waals surface area contributed by atoms with Crippen molar-refractivity contribution in [1.82, 2.24) is 14.9 Å². The van der Waals surface area contributed by atoms with Crippen LogP contribution in [0.5, 0.6) is 0 Å². The van der Waals surface area contributed by atoms with E-state index in [-0.39, 0.29) is 12.5 Å². The highest BCUT2D eigenvalue weighted by atomic mass is 16.5. The molecule has 0 unspecified atom stereocenters. The number of aryl methyl sites for hydroxylation is 1. The molecule has 1 fully saturated rings. The van der Waals surface area contributed by atoms with Gasteiger partial charge in [0, 0.05) is 45.9 Å². The van der Waals surface area contributed by atoms with Crippen molar-refractivity contribution in [2.45, 2.75) is 13.8 Å². The maximum atomic E-state index is 11.8. The Morgan fingerprint density at radius 3 is 2.67 bits per heavy atom. The molecule has 1 aliphatic heterocycles. The standard InChI is InChI=1S/C14H23N5O2/c1-4-15-12-9-13(17-11(2)16-12)18-5-7-19(8-6-18)14(20)10-21-3/h9H,4-8,10H2,1-3H3,(H,15,16,17). The van der Waals surface area contributed by atoms with Crippen LogP contribution in [0, 0.1) is 6.92 Å². The number of amides is 1. The number of hydrogen-bond acceptors (Lipinski definition) is 6. The first kappa shape index (κ1) is 15.5. The fourth-order valence-corrected chi connectivity index (χ4v) is 2.39. The lowest BCUT2D eigenvalue weighted by atomic mass is 10.3. The Morgan fingerprint density at radius 1 is 1.33 bits per heavy atom. The van der Waals surface area contributed by atoms with Crippen LogP contribution in [0.25, 0.3) is 0 Å². The summed E-state index contributed by atoms with van der Waals surface area (Å²) in [6.45, 7) is 7.85. The molecule has 116 valence electrons. The van der Waals surface area contributed by atoms with Crippen molar-refractivity contribution in [3.63, 3.8) is 0 Å². The highest BCUT2D eigenvalue weighted by Crippen LogP contribution is 2.17. The van der Waals surface area contributed by atoms with E-state index in [9.17, 15) is 4.79 Å². The SMILES string of the molecule is CCNc1cc(N2CCN(C(=O)COC)CC2)nc(C)n1. The predicted molar refractivity (Wildman–Crippen MR) is 81.6 cm³/mol. The molecule has 0 atom stereocenters. The van der Waals surface area contributed by atoms with Gasteiger partial charge in [0.2, 0.25) is 5.91 Å². The second-order valence-corrected chi connectivity index (χ2v) is 4.99. The Morgan fingerprint density at radius 2 is 2.05 bits per heavy atom. The van der Waals surface area contributed by atoms with Crippen LogP contribution in [-0.2, 0) is 9.53 Å². The van der Waals surface area contributed by atoms with Crippen molar-refractivity contribution in [1.29, 1.82) is 0 Å². The van der Waals surface area contributed by atoms with Crippen molar-refractivity contribution in [2.24, 2.45) is 0 Å². The number of ether oxygens (including phenoxy) is 1. The van der Waals surface area contributed by atoms with Crippen LogP contribution in [0.3, 0.4) is 0 Å². The molecule has 7 nitrogen and oxygen atoms in total. The maximum Gasteiger partial charge on any atom is 0.248 e. The van der Waals surface area contributed by atoms with Crippen LogP contribution >= 0.6 is 0 Å². The number of hydrogen-bond donors (Lipinski definition) is 1. The molecule has 0 bridgehead atoms. The number of nitrogens with one attached hydrogen (secondary N) is 1. The third-order valence-electron chi connectivity index (χ3n) is 3.41. The number of piperazine rings is 1. The fraction of sp³-hybridized carbons (Fsp3) is 0.643. The number of nitrogens with zero attached hydrogens (tertiary/aromatic N) is 4. The molecule has 2 rings (SSSR count). The largest absolute Gasteiger partial charge is 0.375 e. The van der Waals surface area contributed by atoms with E-state index in [1.165, 1.54) is 0 Å². The van der Waals surface area contributed by atoms with Crippen LogP contribution < -0.4 is 10.2 Å². The molecule has 1 N–H and O–H groups in total. The van der Waals surface area contributed by atoms with Gasteiger partial charge in [-0.1, -0.05) is 0 Å². The second kappa shape index (κ2) is 7.21. The highest BCUT2D eigenvalue weighted by molar-refractivity contribution is 5.77. The lowest BCUT2D eigenvalue weighted by molar-refractivity contribution is -0.135. The zero-order valence-corrected chi connectivity index (χ0v) is 12.9. The van der Waals surface area contributed by atoms with E-state index < -0.39 is 0 Å². The lowest BCUT2D eigenvalue weighted by Gasteiger charge is -2.35. The molecule has 1 aliphatic rings. The Bertz CT molecular complexity index is 486. The Labute approximate surface area is 125 Å². The van der Waals surface area contributed by atoms with E-state index >= 15 is 0 Å². The molecule has 0 saturated carbocycles. The summed E-state index contributed by atoms with van der Waals surface area (Å²) in [5.74, 6) is 2.56. The van der Waals surface area contributed by atoms with Gasteiger partial charge < -0.3 is 19.9 Å². The van der Waals surface area contributed by atoms with E-state index in [1.54, 1.807) is 7.11 Å². The first-order valence-corrected chi connectivity index (χ1v) is 7.25. The van der Waals surface area contributed by atoms with Crippen molar-refractivity contribution in [2.75, 3.05) is 56.7 Å². The smallest absolute Gasteiger partial charge is 0.248 e. The van der Waals surface area contributed by atoms with Crippen LogP contribution in [0.1, 0.15) is 12.7 Å². The molecule has 1 amide bonds. The summed E-state index contributed by atoms with van der Waals surface area (Å²) in [6.07, 6.45) is 0. The van der Waals surface area contributed by atoms with Crippen molar-refractivity contribution in [3.8, 4) is 0 Å². The molecule has 1 aromatic heterocycles. The number of aromatic nitrogens is 2. The van der Waals surface area contributed by atoms with Gasteiger partial charge in [-0.15, -0.1) is 0 Å². The quantitative estimate of drug-likeness (QED) is 0.853. The van der Waals surface area contributed by atoms with E-state index in [2.05, 4.69) is 20.2 Å². The van der Waals surface area contributed by atoms with E-state index in [0.717, 1.165) is 37.1 Å². The summed E-state index contributed by atoms with van der Waals surface area (Å²) >= 11 is 0. The van der Waals surface area contributed by atoms with E-state index in [0.29, 0.717) is 13.1 Å². The first-order valence-electron chi connectivity index (χ1n) is 7.25. The van der Waals surface area contributed by atoms with Crippen LogP contribution in [0.4, 0.5) is 11.6 Å². The van der Waals surface area contributed by atoms with Crippen molar-refractivity contribution >= 4 is 17.5 Å². The predicted octanol–water partition coefficient (Wildman–Crippen LogP) is 0.512. The van der Waals surface area contributed by atoms with Crippen molar-refractivity contribution < 1.29 is 9.53 Å².